The predicted octanol–water partition coefficient (Wildman–Crippen LogP) is 4.48. The highest BCUT2D eigenvalue weighted by atomic mass is 16.7. The number of carbonyl (C=O) groups excluding carboxylic acids is 1. The van der Waals surface area contributed by atoms with E-state index in [0.29, 0.717) is 12.4 Å². The van der Waals surface area contributed by atoms with E-state index in [2.05, 4.69) is 59.4 Å². The van der Waals surface area contributed by atoms with Gasteiger partial charge in [-0.1, -0.05) is 37.3 Å². The third-order valence-electron chi connectivity index (χ3n) is 6.58. The van der Waals surface area contributed by atoms with E-state index in [0.717, 1.165) is 38.2 Å². The average Bonchev–Trinajstić information content (AvgIpc) is 3.30. The molecule has 180 valence electrons. The van der Waals surface area contributed by atoms with Crippen LogP contribution in [0.15, 0.2) is 54.6 Å². The van der Waals surface area contributed by atoms with Crippen molar-refractivity contribution in [3.05, 3.63) is 65.7 Å². The Labute approximate surface area is 198 Å². The van der Waals surface area contributed by atoms with E-state index in [4.69, 9.17) is 9.47 Å². The third-order valence-corrected chi connectivity index (χ3v) is 6.58. The summed E-state index contributed by atoms with van der Waals surface area (Å²) in [5.41, 5.74) is 2.87. The standard InChI is InChI=1S/C27H39N3O3/c1-6-27(2,3)28-26(31)22-12-14-23(15-13-22)29(4)19-25(21-10-8-7-9-11-21)30-17-16-24(18-30)33-20-32-5/h7-15,24-25H,6,16-20H2,1-5H3,(H,28,31)/t24-,25-/m0/s1. The summed E-state index contributed by atoms with van der Waals surface area (Å²) in [4.78, 5) is 17.4. The van der Waals surface area contributed by atoms with Gasteiger partial charge >= 0.3 is 0 Å². The lowest BCUT2D eigenvalue weighted by Crippen LogP contribution is -2.42. The van der Waals surface area contributed by atoms with E-state index in [1.54, 1.807) is 7.11 Å². The lowest BCUT2D eigenvalue weighted by Gasteiger charge is -2.33. The normalized spacial score (nSPS) is 17.7. The highest BCUT2D eigenvalue weighted by Gasteiger charge is 2.30. The summed E-state index contributed by atoms with van der Waals surface area (Å²) >= 11 is 0. The van der Waals surface area contributed by atoms with E-state index in [1.807, 2.05) is 38.1 Å². The average molecular weight is 454 g/mol. The molecule has 6 nitrogen and oxygen atoms in total. The highest BCUT2D eigenvalue weighted by molar-refractivity contribution is 5.95. The molecule has 1 aliphatic rings. The maximum atomic E-state index is 12.6. The molecule has 0 spiro atoms. The van der Waals surface area contributed by atoms with Gasteiger partial charge in [0.2, 0.25) is 0 Å². The van der Waals surface area contributed by atoms with Gasteiger partial charge in [0.15, 0.2) is 0 Å². The zero-order chi connectivity index (χ0) is 23.8. The molecule has 2 atom stereocenters. The van der Waals surface area contributed by atoms with E-state index < -0.39 is 0 Å². The van der Waals surface area contributed by atoms with Crippen LogP contribution in [-0.4, -0.2) is 63.0 Å². The van der Waals surface area contributed by atoms with Crippen LogP contribution in [-0.2, 0) is 9.47 Å². The van der Waals surface area contributed by atoms with E-state index in [1.165, 1.54) is 5.56 Å². The summed E-state index contributed by atoms with van der Waals surface area (Å²) in [6.45, 7) is 9.23. The lowest BCUT2D eigenvalue weighted by molar-refractivity contribution is -0.0679. The molecular weight excluding hydrogens is 414 g/mol. The molecule has 1 heterocycles. The molecular formula is C27H39N3O3. The Hall–Kier alpha value is -2.41. The van der Waals surface area contributed by atoms with Gasteiger partial charge in [0, 0.05) is 50.6 Å². The fourth-order valence-electron chi connectivity index (χ4n) is 4.14. The minimum absolute atomic E-state index is 0.0302. The number of hydrogen-bond acceptors (Lipinski definition) is 5. The second kappa shape index (κ2) is 11.6. The van der Waals surface area contributed by atoms with Gasteiger partial charge in [0.25, 0.3) is 5.91 Å². The number of anilines is 1. The molecule has 33 heavy (non-hydrogen) atoms. The smallest absolute Gasteiger partial charge is 0.251 e. The monoisotopic (exact) mass is 453 g/mol. The van der Waals surface area contributed by atoms with Crippen LogP contribution in [0.3, 0.4) is 0 Å². The highest BCUT2D eigenvalue weighted by Crippen LogP contribution is 2.28. The van der Waals surface area contributed by atoms with Gasteiger partial charge in [0.1, 0.15) is 6.79 Å². The Balaban J connectivity index is 1.69. The lowest BCUT2D eigenvalue weighted by atomic mass is 10.0. The summed E-state index contributed by atoms with van der Waals surface area (Å²) < 4.78 is 10.9. The number of amides is 1. The first-order chi connectivity index (χ1) is 15.8. The van der Waals surface area contributed by atoms with Gasteiger partial charge in [-0.25, -0.2) is 0 Å². The van der Waals surface area contributed by atoms with Crippen molar-refractivity contribution in [1.29, 1.82) is 0 Å². The Morgan fingerprint density at radius 3 is 2.52 bits per heavy atom. The Kier molecular flexibility index (Phi) is 8.89. The molecule has 3 rings (SSSR count). The molecule has 1 N–H and O–H groups in total. The predicted molar refractivity (Wildman–Crippen MR) is 134 cm³/mol. The summed E-state index contributed by atoms with van der Waals surface area (Å²) in [5, 5.41) is 3.10. The molecule has 0 bridgehead atoms. The molecule has 1 amide bonds. The molecule has 0 radical (unpaired) electrons. The van der Waals surface area contributed by atoms with Crippen LogP contribution in [0.25, 0.3) is 0 Å². The van der Waals surface area contributed by atoms with Crippen molar-refractivity contribution in [3.8, 4) is 0 Å². The van der Waals surface area contributed by atoms with Crippen LogP contribution >= 0.6 is 0 Å². The minimum atomic E-state index is -0.212. The molecule has 0 unspecified atom stereocenters. The van der Waals surface area contributed by atoms with Gasteiger partial charge in [-0.05, 0) is 56.5 Å². The molecule has 1 fully saturated rings. The number of likely N-dealkylation sites (N-methyl/N-ethyl adjacent to an activating group) is 1. The van der Waals surface area contributed by atoms with Crippen LogP contribution in [0, 0.1) is 0 Å². The van der Waals surface area contributed by atoms with Gasteiger partial charge < -0.3 is 19.7 Å². The van der Waals surface area contributed by atoms with Crippen molar-refractivity contribution >= 4 is 11.6 Å². The number of hydrogen-bond donors (Lipinski definition) is 1. The van der Waals surface area contributed by atoms with Crippen LogP contribution in [0.4, 0.5) is 5.69 Å². The van der Waals surface area contributed by atoms with Crippen LogP contribution in [0.2, 0.25) is 0 Å². The Bertz CT molecular complexity index is 870. The van der Waals surface area contributed by atoms with Gasteiger partial charge in [-0.3, -0.25) is 9.69 Å². The van der Waals surface area contributed by atoms with Crippen molar-refractivity contribution in [2.45, 2.75) is 51.3 Å². The first-order valence-corrected chi connectivity index (χ1v) is 11.9. The number of nitrogens with zero attached hydrogens (tertiary/aromatic N) is 2. The fourth-order valence-corrected chi connectivity index (χ4v) is 4.14. The van der Waals surface area contributed by atoms with Crippen LogP contribution < -0.4 is 10.2 Å². The number of likely N-dealkylation sites (tertiary alicyclic amines) is 1. The molecule has 0 aliphatic carbocycles. The van der Waals surface area contributed by atoms with Crippen molar-refractivity contribution < 1.29 is 14.3 Å². The van der Waals surface area contributed by atoms with Crippen molar-refractivity contribution in [1.82, 2.24) is 10.2 Å². The first-order valence-electron chi connectivity index (χ1n) is 11.9. The zero-order valence-electron chi connectivity index (χ0n) is 20.7. The molecule has 1 aliphatic heterocycles. The minimum Gasteiger partial charge on any atom is -0.373 e. The summed E-state index contributed by atoms with van der Waals surface area (Å²) in [6, 6.07) is 18.8. The van der Waals surface area contributed by atoms with Crippen molar-refractivity contribution in [3.63, 3.8) is 0 Å². The summed E-state index contributed by atoms with van der Waals surface area (Å²) in [7, 11) is 3.77. The van der Waals surface area contributed by atoms with Gasteiger partial charge in [-0.2, -0.15) is 0 Å². The SMILES string of the molecule is CCC(C)(C)NC(=O)c1ccc(N(C)C[C@@H](c2ccccc2)N2CC[C@H](OCOC)C2)cc1. The number of ether oxygens (including phenoxy) is 2. The summed E-state index contributed by atoms with van der Waals surface area (Å²) in [6.07, 6.45) is 2.09. The molecule has 6 heteroatoms. The second-order valence-electron chi connectivity index (χ2n) is 9.52. The topological polar surface area (TPSA) is 54.0 Å². The van der Waals surface area contributed by atoms with E-state index in [9.17, 15) is 4.79 Å². The van der Waals surface area contributed by atoms with Gasteiger partial charge in [-0.15, -0.1) is 0 Å². The maximum Gasteiger partial charge on any atom is 0.251 e. The maximum absolute atomic E-state index is 12.6. The second-order valence-corrected chi connectivity index (χ2v) is 9.52. The number of carbonyl (C=O) groups is 1. The number of rotatable bonds is 11. The number of nitrogens with one attached hydrogen (secondary N) is 1. The molecule has 0 saturated carbocycles. The quantitative estimate of drug-likeness (QED) is 0.509. The van der Waals surface area contributed by atoms with Crippen LogP contribution in [0.1, 0.15) is 55.6 Å². The van der Waals surface area contributed by atoms with E-state index in [-0.39, 0.29) is 23.6 Å². The fraction of sp³-hybridized carbons (Fsp3) is 0.519. The number of benzene rings is 2. The zero-order valence-corrected chi connectivity index (χ0v) is 20.7. The van der Waals surface area contributed by atoms with Crippen LogP contribution in [0.5, 0.6) is 0 Å². The third kappa shape index (κ3) is 7.03. The molecule has 0 aromatic heterocycles. The Morgan fingerprint density at radius 1 is 1.18 bits per heavy atom. The summed E-state index contributed by atoms with van der Waals surface area (Å²) in [5.74, 6) is -0.0302. The van der Waals surface area contributed by atoms with Crippen molar-refractivity contribution in [2.24, 2.45) is 0 Å². The molecule has 1 saturated heterocycles. The Morgan fingerprint density at radius 2 is 1.88 bits per heavy atom. The van der Waals surface area contributed by atoms with Gasteiger partial charge in [0.05, 0.1) is 12.1 Å². The number of methoxy groups -OCH3 is 1. The van der Waals surface area contributed by atoms with E-state index >= 15 is 0 Å². The van der Waals surface area contributed by atoms with Crippen molar-refractivity contribution in [2.75, 3.05) is 45.5 Å². The molecule has 2 aromatic carbocycles. The first kappa shape index (κ1) is 25.2. The largest absolute Gasteiger partial charge is 0.373 e. The molecule has 2 aromatic rings.